The van der Waals surface area contributed by atoms with E-state index < -0.39 is 11.9 Å². The summed E-state index contributed by atoms with van der Waals surface area (Å²) in [6.45, 7) is 3.93. The molecule has 2 atom stereocenters. The quantitative estimate of drug-likeness (QED) is 0.820. The van der Waals surface area contributed by atoms with E-state index in [1.807, 2.05) is 6.92 Å². The highest BCUT2D eigenvalue weighted by atomic mass is 35.5. The molecule has 0 saturated carbocycles. The normalized spacial score (nSPS) is 14.9. The lowest BCUT2D eigenvalue weighted by Gasteiger charge is -2.17. The van der Waals surface area contributed by atoms with Crippen LogP contribution in [0.1, 0.15) is 25.5 Å². The largest absolute Gasteiger partial charge is 0.392 e. The monoisotopic (exact) mass is 265 g/mol. The molecule has 0 heterocycles. The van der Waals surface area contributed by atoms with Gasteiger partial charge in [0.25, 0.3) is 0 Å². The Balaban J connectivity index is 2.82. The van der Waals surface area contributed by atoms with E-state index in [2.05, 4.69) is 5.32 Å². The molecule has 2 unspecified atom stereocenters. The van der Waals surface area contributed by atoms with Gasteiger partial charge in [0, 0.05) is 17.6 Å². The molecule has 0 saturated heterocycles. The molecule has 1 aromatic carbocycles. The Morgan fingerprint density at radius 3 is 2.50 bits per heavy atom. The topological polar surface area (TPSA) is 32.3 Å². The van der Waals surface area contributed by atoms with Crippen LogP contribution in [-0.2, 0) is 0 Å². The third kappa shape index (κ3) is 3.59. The van der Waals surface area contributed by atoms with E-state index in [4.69, 9.17) is 28.3 Å². The molecule has 1 aromatic rings. The van der Waals surface area contributed by atoms with Gasteiger partial charge in [-0.15, -0.1) is 0 Å². The molecule has 2 nitrogen and oxygen atoms in total. The number of benzene rings is 1. The third-order valence-electron chi connectivity index (χ3n) is 2.23. The fourth-order valence-electron chi connectivity index (χ4n) is 1.33. The van der Waals surface area contributed by atoms with Gasteiger partial charge in [0.1, 0.15) is 5.82 Å². The summed E-state index contributed by atoms with van der Waals surface area (Å²) < 4.78 is 13.3. The molecule has 0 aliphatic heterocycles. The predicted molar refractivity (Wildman–Crippen MR) is 64.5 cm³/mol. The number of hydrogen-bond acceptors (Lipinski definition) is 2. The molecule has 2 N–H and O–H groups in total. The summed E-state index contributed by atoms with van der Waals surface area (Å²) in [4.78, 5) is 0. The molecule has 0 aliphatic rings. The van der Waals surface area contributed by atoms with Gasteiger partial charge >= 0.3 is 0 Å². The van der Waals surface area contributed by atoms with E-state index in [1.54, 1.807) is 6.92 Å². The van der Waals surface area contributed by atoms with Gasteiger partial charge in [-0.05, 0) is 31.5 Å². The lowest BCUT2D eigenvalue weighted by atomic mass is 10.1. The maximum absolute atomic E-state index is 13.3. The zero-order valence-electron chi connectivity index (χ0n) is 9.10. The summed E-state index contributed by atoms with van der Waals surface area (Å²) in [5, 5.41) is 12.6. The van der Waals surface area contributed by atoms with E-state index in [9.17, 15) is 4.39 Å². The number of nitrogens with one attached hydrogen (secondary N) is 1. The van der Waals surface area contributed by atoms with Crippen molar-refractivity contribution in [2.75, 3.05) is 6.54 Å². The highest BCUT2D eigenvalue weighted by molar-refractivity contribution is 6.35. The molecule has 0 aromatic heterocycles. The van der Waals surface area contributed by atoms with Crippen LogP contribution >= 0.6 is 23.2 Å². The maximum atomic E-state index is 13.3. The molecule has 0 fully saturated rings. The predicted octanol–water partition coefficient (Wildman–Crippen LogP) is 3.16. The molecule has 0 bridgehead atoms. The molecular formula is C11H14Cl2FNO. The van der Waals surface area contributed by atoms with E-state index in [1.165, 1.54) is 12.1 Å². The first-order valence-electron chi connectivity index (χ1n) is 4.97. The van der Waals surface area contributed by atoms with Gasteiger partial charge in [0.15, 0.2) is 0 Å². The van der Waals surface area contributed by atoms with Crippen LogP contribution in [0.4, 0.5) is 4.39 Å². The standard InChI is InChI=1S/C11H14Cl2FNO/c1-6(16)5-15-7(2)8-3-11(14)10(13)4-9(8)12/h3-4,6-7,15-16H,5H2,1-2H3. The molecule has 90 valence electrons. The van der Waals surface area contributed by atoms with Gasteiger partial charge in [-0.2, -0.15) is 0 Å². The number of rotatable bonds is 4. The molecule has 0 aliphatic carbocycles. The second-order valence-electron chi connectivity index (χ2n) is 3.77. The van der Waals surface area contributed by atoms with Crippen molar-refractivity contribution in [3.05, 3.63) is 33.6 Å². The first-order valence-corrected chi connectivity index (χ1v) is 5.73. The highest BCUT2D eigenvalue weighted by Crippen LogP contribution is 2.28. The summed E-state index contributed by atoms with van der Waals surface area (Å²) in [5.41, 5.74) is 0.629. The van der Waals surface area contributed by atoms with Gasteiger partial charge in [-0.3, -0.25) is 0 Å². The first-order chi connectivity index (χ1) is 7.41. The Morgan fingerprint density at radius 2 is 1.94 bits per heavy atom. The minimum absolute atomic E-state index is 0.0106. The smallest absolute Gasteiger partial charge is 0.142 e. The number of aliphatic hydroxyl groups is 1. The van der Waals surface area contributed by atoms with Crippen molar-refractivity contribution in [1.29, 1.82) is 0 Å². The molecule has 0 spiro atoms. The molecular weight excluding hydrogens is 252 g/mol. The van der Waals surface area contributed by atoms with E-state index in [-0.39, 0.29) is 11.1 Å². The van der Waals surface area contributed by atoms with Crippen LogP contribution in [0.3, 0.4) is 0 Å². The Kier molecular flexibility index (Phi) is 4.99. The second-order valence-corrected chi connectivity index (χ2v) is 4.58. The third-order valence-corrected chi connectivity index (χ3v) is 2.84. The zero-order chi connectivity index (χ0) is 12.3. The maximum Gasteiger partial charge on any atom is 0.142 e. The van der Waals surface area contributed by atoms with Gasteiger partial charge in [-0.25, -0.2) is 4.39 Å². The molecule has 5 heteroatoms. The Bertz CT molecular complexity index is 371. The Labute approximate surface area is 104 Å². The van der Waals surface area contributed by atoms with Crippen molar-refractivity contribution in [1.82, 2.24) is 5.32 Å². The average molecular weight is 266 g/mol. The first kappa shape index (κ1) is 13.7. The molecule has 1 rings (SSSR count). The van der Waals surface area contributed by atoms with Crippen molar-refractivity contribution < 1.29 is 9.50 Å². The average Bonchev–Trinajstić information content (AvgIpc) is 2.20. The van der Waals surface area contributed by atoms with Crippen LogP contribution in [0.2, 0.25) is 10.0 Å². The van der Waals surface area contributed by atoms with Crippen LogP contribution in [0, 0.1) is 5.82 Å². The Hall–Kier alpha value is -0.350. The fourth-order valence-corrected chi connectivity index (χ4v) is 1.87. The zero-order valence-corrected chi connectivity index (χ0v) is 10.6. The lowest BCUT2D eigenvalue weighted by Crippen LogP contribution is -2.27. The SMILES string of the molecule is CC(O)CNC(C)c1cc(F)c(Cl)cc1Cl. The summed E-state index contributed by atoms with van der Waals surface area (Å²) in [5.74, 6) is -0.494. The van der Waals surface area contributed by atoms with Gasteiger partial charge in [0.05, 0.1) is 11.1 Å². The number of aliphatic hydroxyl groups excluding tert-OH is 1. The van der Waals surface area contributed by atoms with E-state index in [0.29, 0.717) is 17.1 Å². The minimum atomic E-state index is -0.494. The summed E-state index contributed by atoms with van der Waals surface area (Å²) in [7, 11) is 0. The van der Waals surface area contributed by atoms with E-state index >= 15 is 0 Å². The van der Waals surface area contributed by atoms with Crippen molar-refractivity contribution in [2.45, 2.75) is 26.0 Å². The summed E-state index contributed by atoms with van der Waals surface area (Å²) >= 11 is 11.6. The Morgan fingerprint density at radius 1 is 1.31 bits per heavy atom. The molecule has 0 radical (unpaired) electrons. The summed E-state index contributed by atoms with van der Waals surface area (Å²) in [6.07, 6.45) is -0.460. The number of halogens is 3. The van der Waals surface area contributed by atoms with Gasteiger partial charge in [-0.1, -0.05) is 23.2 Å². The van der Waals surface area contributed by atoms with Gasteiger partial charge in [0.2, 0.25) is 0 Å². The van der Waals surface area contributed by atoms with Crippen LogP contribution in [-0.4, -0.2) is 17.8 Å². The highest BCUT2D eigenvalue weighted by Gasteiger charge is 2.13. The van der Waals surface area contributed by atoms with Crippen LogP contribution in [0.5, 0.6) is 0 Å². The van der Waals surface area contributed by atoms with Crippen molar-refractivity contribution in [3.63, 3.8) is 0 Å². The van der Waals surface area contributed by atoms with Gasteiger partial charge < -0.3 is 10.4 Å². The molecule has 0 amide bonds. The van der Waals surface area contributed by atoms with Crippen molar-refractivity contribution in [2.24, 2.45) is 0 Å². The van der Waals surface area contributed by atoms with Crippen molar-refractivity contribution >= 4 is 23.2 Å². The van der Waals surface area contributed by atoms with Crippen LogP contribution in [0.25, 0.3) is 0 Å². The fraction of sp³-hybridized carbons (Fsp3) is 0.455. The van der Waals surface area contributed by atoms with Crippen LogP contribution < -0.4 is 5.32 Å². The van der Waals surface area contributed by atoms with E-state index in [0.717, 1.165) is 0 Å². The van der Waals surface area contributed by atoms with Crippen molar-refractivity contribution in [3.8, 4) is 0 Å². The lowest BCUT2D eigenvalue weighted by molar-refractivity contribution is 0.187. The summed E-state index contributed by atoms with van der Waals surface area (Å²) in [6, 6.07) is 2.55. The second kappa shape index (κ2) is 5.82. The minimum Gasteiger partial charge on any atom is -0.392 e. The van der Waals surface area contributed by atoms with Crippen LogP contribution in [0.15, 0.2) is 12.1 Å². The number of hydrogen-bond donors (Lipinski definition) is 2. The molecule has 16 heavy (non-hydrogen) atoms.